The maximum absolute atomic E-state index is 12.7. The second kappa shape index (κ2) is 5.59. The fourth-order valence-corrected chi connectivity index (χ4v) is 7.40. The molecular formula is C21H29BO4. The number of ketones is 1. The largest absolute Gasteiger partial charge is 0.393 e. The van der Waals surface area contributed by atoms with Gasteiger partial charge < -0.3 is 15.3 Å². The smallest absolute Gasteiger partial charge is 0.206 e. The average molecular weight is 356 g/mol. The van der Waals surface area contributed by atoms with Crippen LogP contribution in [0.4, 0.5) is 0 Å². The first kappa shape index (κ1) is 18.5. The normalized spacial score (nSPS) is 59.1. The van der Waals surface area contributed by atoms with Crippen molar-refractivity contribution in [1.29, 1.82) is 0 Å². The number of rotatable bonds is 0. The Balaban J connectivity index is 1.77. The Labute approximate surface area is 157 Å². The van der Waals surface area contributed by atoms with E-state index in [9.17, 15) is 20.1 Å². The molecule has 0 aromatic carbocycles. The number of aliphatic hydroxyl groups is 3. The molecule has 0 heterocycles. The monoisotopic (exact) mass is 356 g/mol. The molecule has 0 aromatic heterocycles. The van der Waals surface area contributed by atoms with Crippen LogP contribution in [0.3, 0.4) is 0 Å². The Morgan fingerprint density at radius 1 is 1.19 bits per heavy atom. The number of carbonyl (C=O) groups is 1. The predicted octanol–water partition coefficient (Wildman–Crippen LogP) is 1.47. The number of Topliss-reactive ketones (excluding diaryl/α,β-unsaturated/α-hetero) is 1. The lowest BCUT2D eigenvalue weighted by molar-refractivity contribution is -0.185. The lowest BCUT2D eigenvalue weighted by Crippen LogP contribution is -2.61. The number of terminal acetylenes is 1. The standard InChI is InChI=1S/C21H29BO4/c1-4-21(26)18(25)17(24)16-15-13(6-8-20(16,21)3)19(2)7-5-12(22)9-11(19)10-14(15)23/h1,11-17,23-24,26H,5-10H2,2-3H3/t11-,12-,13?,14-,15?,16?,17-,19-,20-,21-/m0/s1. The summed E-state index contributed by atoms with van der Waals surface area (Å²) in [5.41, 5.74) is -2.79. The van der Waals surface area contributed by atoms with Crippen molar-refractivity contribution >= 4 is 13.6 Å². The summed E-state index contributed by atoms with van der Waals surface area (Å²) in [7, 11) is 6.19. The van der Waals surface area contributed by atoms with E-state index in [2.05, 4.69) is 12.8 Å². The van der Waals surface area contributed by atoms with Gasteiger partial charge in [-0.15, -0.1) is 6.42 Å². The van der Waals surface area contributed by atoms with Crippen molar-refractivity contribution in [1.82, 2.24) is 0 Å². The Hall–Kier alpha value is -0.825. The molecule has 0 aliphatic heterocycles. The average Bonchev–Trinajstić information content (AvgIpc) is 2.75. The highest BCUT2D eigenvalue weighted by atomic mass is 16.3. The number of carbonyl (C=O) groups excluding carboxylic acids is 1. The Morgan fingerprint density at radius 3 is 2.54 bits per heavy atom. The van der Waals surface area contributed by atoms with Gasteiger partial charge in [0, 0.05) is 11.3 Å². The summed E-state index contributed by atoms with van der Waals surface area (Å²) < 4.78 is 0. The summed E-state index contributed by atoms with van der Waals surface area (Å²) in [6.45, 7) is 4.12. The van der Waals surface area contributed by atoms with Crippen molar-refractivity contribution in [2.45, 2.75) is 76.0 Å². The molecule has 10 atom stereocenters. The molecule has 2 radical (unpaired) electrons. The van der Waals surface area contributed by atoms with E-state index in [0.29, 0.717) is 18.8 Å². The molecular weight excluding hydrogens is 327 g/mol. The van der Waals surface area contributed by atoms with E-state index in [1.807, 2.05) is 6.92 Å². The van der Waals surface area contributed by atoms with Crippen LogP contribution in [0.5, 0.6) is 0 Å². The highest BCUT2D eigenvalue weighted by molar-refractivity contribution is 6.11. The van der Waals surface area contributed by atoms with Crippen molar-refractivity contribution in [3.63, 3.8) is 0 Å². The molecule has 4 aliphatic carbocycles. The number of hydrogen-bond donors (Lipinski definition) is 3. The summed E-state index contributed by atoms with van der Waals surface area (Å²) in [5.74, 6) is 1.67. The van der Waals surface area contributed by atoms with Crippen LogP contribution in [0.15, 0.2) is 0 Å². The first-order chi connectivity index (χ1) is 12.1. The van der Waals surface area contributed by atoms with Gasteiger partial charge in [-0.25, -0.2) is 0 Å². The summed E-state index contributed by atoms with van der Waals surface area (Å²) in [6, 6.07) is 0. The third-order valence-electron chi connectivity index (χ3n) is 8.98. The molecule has 4 nitrogen and oxygen atoms in total. The van der Waals surface area contributed by atoms with E-state index in [1.165, 1.54) is 0 Å². The van der Waals surface area contributed by atoms with Crippen LogP contribution in [0.1, 0.15) is 52.4 Å². The number of hydrogen-bond acceptors (Lipinski definition) is 4. The maximum Gasteiger partial charge on any atom is 0.206 e. The highest BCUT2D eigenvalue weighted by Gasteiger charge is 2.72. The highest BCUT2D eigenvalue weighted by Crippen LogP contribution is 2.67. The molecule has 4 saturated carbocycles. The van der Waals surface area contributed by atoms with Gasteiger partial charge in [0.1, 0.15) is 6.10 Å². The van der Waals surface area contributed by atoms with Crippen LogP contribution in [0.25, 0.3) is 0 Å². The maximum atomic E-state index is 12.7. The molecule has 4 rings (SSSR count). The van der Waals surface area contributed by atoms with Gasteiger partial charge in [-0.2, -0.15) is 0 Å². The second-order valence-electron chi connectivity index (χ2n) is 9.87. The summed E-state index contributed by atoms with van der Waals surface area (Å²) >= 11 is 0. The van der Waals surface area contributed by atoms with Gasteiger partial charge in [0.15, 0.2) is 5.60 Å². The second-order valence-corrected chi connectivity index (χ2v) is 9.87. The molecule has 0 saturated heterocycles. The fourth-order valence-electron chi connectivity index (χ4n) is 7.40. The predicted molar refractivity (Wildman–Crippen MR) is 98.2 cm³/mol. The molecule has 0 amide bonds. The number of fused-ring (bicyclic) bond motifs is 5. The zero-order chi connectivity index (χ0) is 19.1. The van der Waals surface area contributed by atoms with E-state index >= 15 is 0 Å². The molecule has 0 bridgehead atoms. The Morgan fingerprint density at radius 2 is 1.88 bits per heavy atom. The lowest BCUT2D eigenvalue weighted by atomic mass is 9.42. The van der Waals surface area contributed by atoms with Gasteiger partial charge in [-0.3, -0.25) is 4.79 Å². The van der Waals surface area contributed by atoms with E-state index in [0.717, 1.165) is 25.7 Å². The third-order valence-corrected chi connectivity index (χ3v) is 8.98. The van der Waals surface area contributed by atoms with Crippen LogP contribution in [-0.2, 0) is 4.79 Å². The van der Waals surface area contributed by atoms with E-state index < -0.39 is 34.9 Å². The topological polar surface area (TPSA) is 77.8 Å². The van der Waals surface area contributed by atoms with Crippen molar-refractivity contribution in [2.75, 3.05) is 0 Å². The SMILES string of the molecule is [B][C@H]1CC[C@]2(C)C3CC[C@@]4(C)C(C3[C@@H](O)C[C@@H]2C1)[C@H](O)C(=O)[C@@]4(O)C#C. The van der Waals surface area contributed by atoms with Crippen molar-refractivity contribution in [2.24, 2.45) is 34.5 Å². The van der Waals surface area contributed by atoms with Crippen molar-refractivity contribution < 1.29 is 20.1 Å². The molecule has 0 spiro atoms. The lowest BCUT2D eigenvalue weighted by Gasteiger charge is -2.62. The zero-order valence-corrected chi connectivity index (χ0v) is 15.7. The fraction of sp³-hybridized carbons (Fsp3) is 0.857. The van der Waals surface area contributed by atoms with E-state index in [1.54, 1.807) is 0 Å². The molecule has 0 aromatic rings. The Bertz CT molecular complexity index is 673. The molecule has 3 N–H and O–H groups in total. The van der Waals surface area contributed by atoms with Gasteiger partial charge >= 0.3 is 0 Å². The molecule has 4 aliphatic rings. The summed E-state index contributed by atoms with van der Waals surface area (Å²) in [4.78, 5) is 12.7. The minimum Gasteiger partial charge on any atom is -0.393 e. The van der Waals surface area contributed by atoms with Gasteiger partial charge in [0.2, 0.25) is 5.78 Å². The molecule has 4 fully saturated rings. The van der Waals surface area contributed by atoms with E-state index in [-0.39, 0.29) is 23.1 Å². The molecule has 3 unspecified atom stereocenters. The van der Waals surface area contributed by atoms with Crippen molar-refractivity contribution in [3.05, 3.63) is 0 Å². The first-order valence-corrected chi connectivity index (χ1v) is 9.96. The van der Waals surface area contributed by atoms with Gasteiger partial charge in [-0.1, -0.05) is 38.4 Å². The van der Waals surface area contributed by atoms with Crippen LogP contribution < -0.4 is 0 Å². The minimum absolute atomic E-state index is 0.0563. The van der Waals surface area contributed by atoms with Crippen LogP contribution in [0, 0.1) is 46.8 Å². The van der Waals surface area contributed by atoms with Gasteiger partial charge in [-0.05, 0) is 48.9 Å². The quantitative estimate of drug-likeness (QED) is 0.454. The molecule has 140 valence electrons. The van der Waals surface area contributed by atoms with Crippen molar-refractivity contribution in [3.8, 4) is 12.3 Å². The first-order valence-electron chi connectivity index (χ1n) is 9.96. The molecule has 26 heavy (non-hydrogen) atoms. The van der Waals surface area contributed by atoms with Crippen LogP contribution in [-0.4, -0.2) is 46.8 Å². The molecule has 5 heteroatoms. The number of aliphatic hydroxyl groups excluding tert-OH is 2. The Kier molecular flexibility index (Phi) is 3.99. The van der Waals surface area contributed by atoms with Gasteiger partial charge in [0.05, 0.1) is 14.0 Å². The van der Waals surface area contributed by atoms with Crippen LogP contribution in [0.2, 0.25) is 5.82 Å². The summed E-state index contributed by atoms with van der Waals surface area (Å²) in [5, 5.41) is 32.8. The third kappa shape index (κ3) is 2.02. The minimum atomic E-state index is -1.95. The summed E-state index contributed by atoms with van der Waals surface area (Å²) in [6.07, 6.45) is 8.60. The van der Waals surface area contributed by atoms with E-state index in [4.69, 9.17) is 14.3 Å². The van der Waals surface area contributed by atoms with Crippen LogP contribution >= 0.6 is 0 Å². The van der Waals surface area contributed by atoms with Gasteiger partial charge in [0.25, 0.3) is 0 Å². The zero-order valence-electron chi connectivity index (χ0n) is 15.7.